The minimum Gasteiger partial charge on any atom is -0.481 e. The molecule has 0 saturated heterocycles. The van der Waals surface area contributed by atoms with Gasteiger partial charge in [0.15, 0.2) is 11.4 Å². The number of amides is 1. The van der Waals surface area contributed by atoms with E-state index in [0.29, 0.717) is 11.3 Å². The van der Waals surface area contributed by atoms with Gasteiger partial charge in [0.2, 0.25) is 0 Å². The molecule has 27 heavy (non-hydrogen) atoms. The monoisotopic (exact) mass is 365 g/mol. The fourth-order valence-electron chi connectivity index (χ4n) is 3.60. The fraction of sp³-hybridized carbons (Fsp3) is 0.333. The van der Waals surface area contributed by atoms with Crippen LogP contribution in [0.25, 0.3) is 5.65 Å². The number of rotatable bonds is 3. The molecule has 4 rings (SSSR count). The molecular weight excluding hydrogens is 342 g/mol. The van der Waals surface area contributed by atoms with Gasteiger partial charge in [0, 0.05) is 24.5 Å². The van der Waals surface area contributed by atoms with E-state index in [0.717, 1.165) is 41.0 Å². The smallest absolute Gasteiger partial charge is 0.279 e. The molecule has 0 unspecified atom stereocenters. The predicted octanol–water partition coefficient (Wildman–Crippen LogP) is 3.65. The highest BCUT2D eigenvalue weighted by Crippen LogP contribution is 2.40. The molecule has 2 aromatic heterocycles. The number of fused-ring (bicyclic) bond motifs is 3. The van der Waals surface area contributed by atoms with E-state index in [2.05, 4.69) is 12.1 Å². The number of aryl methyl sites for hydroxylation is 2. The molecule has 0 radical (unpaired) electrons. The molecule has 1 atom stereocenters. The maximum atomic E-state index is 12.9. The summed E-state index contributed by atoms with van der Waals surface area (Å²) in [7, 11) is 3.10. The largest absolute Gasteiger partial charge is 0.481 e. The molecule has 3 heterocycles. The van der Waals surface area contributed by atoms with Crippen LogP contribution in [0.4, 0.5) is 0 Å². The summed E-state index contributed by atoms with van der Waals surface area (Å²) < 4.78 is 8.35. The van der Waals surface area contributed by atoms with E-state index in [1.54, 1.807) is 7.05 Å². The molecule has 1 aromatic carbocycles. The van der Waals surface area contributed by atoms with Gasteiger partial charge in [0.05, 0.1) is 18.4 Å². The molecule has 0 spiro atoms. The summed E-state index contributed by atoms with van der Waals surface area (Å²) in [4.78, 5) is 22.7. The SMILES string of the molecule is CON(C)C(=O)c1cn2c(C)c(C)nc2c2c1CC[C@H](c1ccccc1)O2. The number of hydroxylamine groups is 2. The summed E-state index contributed by atoms with van der Waals surface area (Å²) in [6.45, 7) is 3.96. The number of carbonyl (C=O) groups excluding carboxylic acids is 1. The zero-order chi connectivity index (χ0) is 19.1. The first-order chi connectivity index (χ1) is 13.0. The molecule has 3 aromatic rings. The molecule has 0 bridgehead atoms. The van der Waals surface area contributed by atoms with Gasteiger partial charge in [-0.15, -0.1) is 0 Å². The van der Waals surface area contributed by atoms with Crippen molar-refractivity contribution in [2.75, 3.05) is 14.2 Å². The highest BCUT2D eigenvalue weighted by atomic mass is 16.7. The van der Waals surface area contributed by atoms with Crippen molar-refractivity contribution in [3.05, 3.63) is 64.6 Å². The van der Waals surface area contributed by atoms with Crippen molar-refractivity contribution in [2.24, 2.45) is 0 Å². The van der Waals surface area contributed by atoms with Crippen LogP contribution in [0.5, 0.6) is 5.75 Å². The number of ether oxygens (including phenoxy) is 1. The van der Waals surface area contributed by atoms with Crippen molar-refractivity contribution in [2.45, 2.75) is 32.8 Å². The molecule has 6 nitrogen and oxygen atoms in total. The van der Waals surface area contributed by atoms with Crippen LogP contribution in [-0.4, -0.2) is 34.5 Å². The van der Waals surface area contributed by atoms with Crippen LogP contribution >= 0.6 is 0 Å². The van der Waals surface area contributed by atoms with Crippen LogP contribution in [0, 0.1) is 13.8 Å². The fourth-order valence-corrected chi connectivity index (χ4v) is 3.60. The van der Waals surface area contributed by atoms with Crippen LogP contribution in [0.1, 0.15) is 45.4 Å². The molecule has 0 saturated carbocycles. The van der Waals surface area contributed by atoms with Crippen LogP contribution in [0.2, 0.25) is 0 Å². The van der Waals surface area contributed by atoms with Crippen molar-refractivity contribution < 1.29 is 14.4 Å². The number of nitrogens with zero attached hydrogens (tertiary/aromatic N) is 3. The van der Waals surface area contributed by atoms with Gasteiger partial charge in [-0.1, -0.05) is 30.3 Å². The average Bonchev–Trinajstić information content (AvgIpc) is 3.00. The molecule has 6 heteroatoms. The van der Waals surface area contributed by atoms with Gasteiger partial charge in [-0.3, -0.25) is 9.63 Å². The molecule has 0 fully saturated rings. The van der Waals surface area contributed by atoms with Gasteiger partial charge < -0.3 is 9.14 Å². The Balaban J connectivity index is 1.88. The number of hydrogen-bond acceptors (Lipinski definition) is 4. The lowest BCUT2D eigenvalue weighted by atomic mass is 9.95. The third-order valence-corrected chi connectivity index (χ3v) is 5.33. The van der Waals surface area contributed by atoms with Crippen molar-refractivity contribution >= 4 is 11.6 Å². The van der Waals surface area contributed by atoms with Crippen LogP contribution in [0.3, 0.4) is 0 Å². The second-order valence-electron chi connectivity index (χ2n) is 6.87. The van der Waals surface area contributed by atoms with Crippen LogP contribution in [0.15, 0.2) is 36.5 Å². The van der Waals surface area contributed by atoms with Crippen LogP contribution in [-0.2, 0) is 11.3 Å². The molecule has 0 aliphatic carbocycles. The van der Waals surface area contributed by atoms with Gasteiger partial charge in [0.25, 0.3) is 5.91 Å². The molecule has 1 aliphatic rings. The third kappa shape index (κ3) is 2.86. The maximum absolute atomic E-state index is 12.9. The molecule has 1 aliphatic heterocycles. The summed E-state index contributed by atoms with van der Waals surface area (Å²) >= 11 is 0. The van der Waals surface area contributed by atoms with E-state index < -0.39 is 0 Å². The lowest BCUT2D eigenvalue weighted by molar-refractivity contribution is -0.0758. The number of benzene rings is 1. The van der Waals surface area contributed by atoms with Gasteiger partial charge in [-0.2, -0.15) is 0 Å². The third-order valence-electron chi connectivity index (χ3n) is 5.33. The van der Waals surface area contributed by atoms with E-state index in [9.17, 15) is 4.79 Å². The average molecular weight is 365 g/mol. The van der Waals surface area contributed by atoms with E-state index in [1.807, 2.05) is 42.6 Å². The Labute approximate surface area is 158 Å². The zero-order valence-corrected chi connectivity index (χ0v) is 16.0. The van der Waals surface area contributed by atoms with Gasteiger partial charge >= 0.3 is 0 Å². The predicted molar refractivity (Wildman–Crippen MR) is 102 cm³/mol. The van der Waals surface area contributed by atoms with E-state index in [4.69, 9.17) is 14.6 Å². The van der Waals surface area contributed by atoms with Crippen molar-refractivity contribution in [1.29, 1.82) is 0 Å². The summed E-state index contributed by atoms with van der Waals surface area (Å²) in [5.41, 5.74) is 5.30. The van der Waals surface area contributed by atoms with Gasteiger partial charge in [-0.25, -0.2) is 10.0 Å². The standard InChI is InChI=1S/C21H23N3O3/c1-13-14(2)24-12-17(21(25)23(3)26-4)16-10-11-18(15-8-6-5-7-9-15)27-19(16)20(24)22-13/h5-9,12,18H,10-11H2,1-4H3/t18-/m1/s1. The van der Waals surface area contributed by atoms with Crippen molar-refractivity contribution in [1.82, 2.24) is 14.4 Å². The van der Waals surface area contributed by atoms with Crippen molar-refractivity contribution in [3.8, 4) is 5.75 Å². The second kappa shape index (κ2) is 6.70. The first-order valence-electron chi connectivity index (χ1n) is 9.06. The Morgan fingerprint density at radius 2 is 2.04 bits per heavy atom. The first kappa shape index (κ1) is 17.5. The number of hydrogen-bond donors (Lipinski definition) is 0. The number of imidazole rings is 1. The summed E-state index contributed by atoms with van der Waals surface area (Å²) in [6.07, 6.45) is 3.36. The highest BCUT2D eigenvalue weighted by molar-refractivity contribution is 5.96. The lowest BCUT2D eigenvalue weighted by Gasteiger charge is -2.29. The lowest BCUT2D eigenvalue weighted by Crippen LogP contribution is -2.28. The topological polar surface area (TPSA) is 56.1 Å². The van der Waals surface area contributed by atoms with Crippen molar-refractivity contribution in [3.63, 3.8) is 0 Å². The summed E-state index contributed by atoms with van der Waals surface area (Å²) in [5, 5.41) is 1.24. The quantitative estimate of drug-likeness (QED) is 0.665. The maximum Gasteiger partial charge on any atom is 0.279 e. The molecular formula is C21H23N3O3. The van der Waals surface area contributed by atoms with E-state index in [-0.39, 0.29) is 12.0 Å². The Morgan fingerprint density at radius 1 is 1.30 bits per heavy atom. The Bertz CT molecular complexity index is 1010. The Morgan fingerprint density at radius 3 is 2.74 bits per heavy atom. The summed E-state index contributed by atoms with van der Waals surface area (Å²) in [5.74, 6) is 0.504. The Kier molecular flexibility index (Phi) is 4.36. The van der Waals surface area contributed by atoms with Crippen LogP contribution < -0.4 is 4.74 Å². The Hall–Kier alpha value is -2.86. The normalized spacial score (nSPS) is 16.1. The van der Waals surface area contributed by atoms with Gasteiger partial charge in [-0.05, 0) is 32.3 Å². The van der Waals surface area contributed by atoms with E-state index in [1.165, 1.54) is 12.2 Å². The molecule has 0 N–H and O–H groups in total. The number of pyridine rings is 1. The zero-order valence-electron chi connectivity index (χ0n) is 16.0. The van der Waals surface area contributed by atoms with Gasteiger partial charge in [0.1, 0.15) is 6.10 Å². The van der Waals surface area contributed by atoms with E-state index >= 15 is 0 Å². The first-order valence-corrected chi connectivity index (χ1v) is 9.06. The highest BCUT2D eigenvalue weighted by Gasteiger charge is 2.30. The number of aromatic nitrogens is 2. The summed E-state index contributed by atoms with van der Waals surface area (Å²) in [6, 6.07) is 10.2. The number of carbonyl (C=O) groups is 1. The minimum absolute atomic E-state index is 0.0506. The molecule has 1 amide bonds. The molecule has 140 valence electrons. The minimum atomic E-state index is -0.192. The second-order valence-corrected chi connectivity index (χ2v) is 6.87.